The van der Waals surface area contributed by atoms with Crippen molar-refractivity contribution in [2.75, 3.05) is 26.2 Å². The molecular formula is C20H22N2O4S. The van der Waals surface area contributed by atoms with Crippen molar-refractivity contribution in [3.8, 4) is 0 Å². The van der Waals surface area contributed by atoms with Gasteiger partial charge in [-0.3, -0.25) is 9.59 Å². The van der Waals surface area contributed by atoms with Crippen molar-refractivity contribution in [2.45, 2.75) is 19.8 Å². The Morgan fingerprint density at radius 1 is 1.00 bits per heavy atom. The highest BCUT2D eigenvalue weighted by Gasteiger charge is 2.25. The largest absolute Gasteiger partial charge is 0.478 e. The van der Waals surface area contributed by atoms with E-state index in [4.69, 9.17) is 0 Å². The summed E-state index contributed by atoms with van der Waals surface area (Å²) < 4.78 is 0. The fraction of sp³-hybridized carbons (Fsp3) is 0.350. The number of aromatic carboxylic acids is 1. The molecule has 0 aliphatic carbocycles. The van der Waals surface area contributed by atoms with Crippen LogP contribution in [0.2, 0.25) is 0 Å². The summed E-state index contributed by atoms with van der Waals surface area (Å²) in [5, 5.41) is 9.22. The second-order valence-corrected chi connectivity index (χ2v) is 7.83. The van der Waals surface area contributed by atoms with Crippen LogP contribution in [0.3, 0.4) is 0 Å². The third-order valence-corrected chi connectivity index (χ3v) is 5.72. The monoisotopic (exact) mass is 386 g/mol. The summed E-state index contributed by atoms with van der Waals surface area (Å²) in [6.07, 6.45) is 0.664. The Labute approximate surface area is 162 Å². The molecule has 0 atom stereocenters. The van der Waals surface area contributed by atoms with E-state index < -0.39 is 5.97 Å². The molecule has 1 aliphatic heterocycles. The van der Waals surface area contributed by atoms with Crippen LogP contribution < -0.4 is 0 Å². The Kier molecular flexibility index (Phi) is 5.91. The predicted octanol–water partition coefficient (Wildman–Crippen LogP) is 2.67. The third-order valence-electron chi connectivity index (χ3n) is 4.73. The summed E-state index contributed by atoms with van der Waals surface area (Å²) >= 11 is 1.49. The molecule has 0 bridgehead atoms. The molecule has 0 radical (unpaired) electrons. The molecule has 2 heterocycles. The van der Waals surface area contributed by atoms with Crippen LogP contribution in [0.15, 0.2) is 36.4 Å². The maximum Gasteiger partial charge on any atom is 0.335 e. The Morgan fingerprint density at radius 2 is 1.67 bits per heavy atom. The van der Waals surface area contributed by atoms with Gasteiger partial charge in [-0.15, -0.1) is 11.3 Å². The highest BCUT2D eigenvalue weighted by atomic mass is 32.1. The smallest absolute Gasteiger partial charge is 0.335 e. The molecule has 142 valence electrons. The van der Waals surface area contributed by atoms with E-state index in [1.54, 1.807) is 34.1 Å². The number of rotatable bonds is 5. The molecule has 3 rings (SSSR count). The topological polar surface area (TPSA) is 77.9 Å². The number of amides is 2. The van der Waals surface area contributed by atoms with Crippen LogP contribution in [0.1, 0.15) is 36.9 Å². The molecule has 1 N–H and O–H groups in total. The predicted molar refractivity (Wildman–Crippen MR) is 103 cm³/mol. The zero-order valence-corrected chi connectivity index (χ0v) is 16.0. The molecule has 0 unspecified atom stereocenters. The van der Waals surface area contributed by atoms with Crippen molar-refractivity contribution in [3.05, 3.63) is 57.3 Å². The molecule has 0 spiro atoms. The fourth-order valence-corrected chi connectivity index (χ4v) is 4.05. The number of carboxylic acid groups (broad SMARTS) is 1. The number of benzene rings is 1. The number of piperazine rings is 1. The van der Waals surface area contributed by atoms with E-state index in [-0.39, 0.29) is 23.8 Å². The van der Waals surface area contributed by atoms with Gasteiger partial charge in [0.1, 0.15) is 0 Å². The molecule has 27 heavy (non-hydrogen) atoms. The van der Waals surface area contributed by atoms with Gasteiger partial charge in [0.15, 0.2) is 0 Å². The minimum atomic E-state index is -0.978. The minimum Gasteiger partial charge on any atom is -0.478 e. The van der Waals surface area contributed by atoms with Crippen molar-refractivity contribution in [3.63, 3.8) is 0 Å². The third kappa shape index (κ3) is 4.54. The standard InChI is InChI=1S/C20H22N2O4S/c1-14-6-8-17(27-14)19(24)22-12-10-21(11-13-22)18(23)9-7-15-4-2-3-5-16(15)20(25)26/h2-6,8H,7,9-13H2,1H3,(H,25,26). The van der Waals surface area contributed by atoms with Crippen molar-refractivity contribution in [1.29, 1.82) is 0 Å². The molecule has 7 heteroatoms. The summed E-state index contributed by atoms with van der Waals surface area (Å²) in [7, 11) is 0. The summed E-state index contributed by atoms with van der Waals surface area (Å²) in [4.78, 5) is 41.6. The van der Waals surface area contributed by atoms with Crippen molar-refractivity contribution >= 4 is 29.1 Å². The van der Waals surface area contributed by atoms with Gasteiger partial charge in [-0.1, -0.05) is 18.2 Å². The highest BCUT2D eigenvalue weighted by Crippen LogP contribution is 2.19. The first-order chi connectivity index (χ1) is 13.0. The van der Waals surface area contributed by atoms with Gasteiger partial charge in [0.05, 0.1) is 10.4 Å². The minimum absolute atomic E-state index is 0.00532. The molecule has 1 fully saturated rings. The van der Waals surface area contributed by atoms with E-state index in [2.05, 4.69) is 0 Å². The first-order valence-electron chi connectivity index (χ1n) is 8.90. The molecule has 1 aromatic heterocycles. The van der Waals surface area contributed by atoms with Crippen LogP contribution in [0.4, 0.5) is 0 Å². The Hall–Kier alpha value is -2.67. The lowest BCUT2D eigenvalue weighted by Crippen LogP contribution is -2.50. The van der Waals surface area contributed by atoms with Crippen molar-refractivity contribution < 1.29 is 19.5 Å². The maximum absolute atomic E-state index is 12.5. The van der Waals surface area contributed by atoms with Gasteiger partial charge in [0.25, 0.3) is 5.91 Å². The van der Waals surface area contributed by atoms with Crippen LogP contribution >= 0.6 is 11.3 Å². The molecule has 1 aromatic carbocycles. The SMILES string of the molecule is Cc1ccc(C(=O)N2CCN(C(=O)CCc3ccccc3C(=O)O)CC2)s1. The van der Waals surface area contributed by atoms with Crippen LogP contribution in [0.5, 0.6) is 0 Å². The average Bonchev–Trinajstić information content (AvgIpc) is 3.12. The van der Waals surface area contributed by atoms with Gasteiger partial charge in [0, 0.05) is 37.5 Å². The summed E-state index contributed by atoms with van der Waals surface area (Å²) in [6.45, 7) is 4.03. The lowest BCUT2D eigenvalue weighted by atomic mass is 10.0. The Morgan fingerprint density at radius 3 is 2.30 bits per heavy atom. The number of aryl methyl sites for hydroxylation is 2. The Balaban J connectivity index is 1.52. The van der Waals surface area contributed by atoms with Crippen molar-refractivity contribution in [1.82, 2.24) is 9.80 Å². The fourth-order valence-electron chi connectivity index (χ4n) is 3.21. The first kappa shape index (κ1) is 19.1. The molecule has 1 aliphatic rings. The number of thiophene rings is 1. The van der Waals surface area contributed by atoms with Gasteiger partial charge in [-0.25, -0.2) is 4.79 Å². The second-order valence-electron chi connectivity index (χ2n) is 6.55. The maximum atomic E-state index is 12.5. The number of hydrogen-bond acceptors (Lipinski definition) is 4. The summed E-state index contributed by atoms with van der Waals surface area (Å²) in [5.74, 6) is -0.959. The molecule has 0 saturated carbocycles. The average molecular weight is 386 g/mol. The first-order valence-corrected chi connectivity index (χ1v) is 9.72. The zero-order chi connectivity index (χ0) is 19.4. The molecule has 1 saturated heterocycles. The van der Waals surface area contributed by atoms with Gasteiger partial charge in [-0.2, -0.15) is 0 Å². The Bertz CT molecular complexity index is 853. The number of carbonyl (C=O) groups excluding carboxylic acids is 2. The number of nitrogens with zero attached hydrogens (tertiary/aromatic N) is 2. The van der Waals surface area contributed by atoms with Gasteiger partial charge in [0.2, 0.25) is 5.91 Å². The lowest BCUT2D eigenvalue weighted by molar-refractivity contribution is -0.132. The highest BCUT2D eigenvalue weighted by molar-refractivity contribution is 7.13. The van der Waals surface area contributed by atoms with E-state index >= 15 is 0 Å². The number of carbonyl (C=O) groups is 3. The second kappa shape index (κ2) is 8.35. The lowest BCUT2D eigenvalue weighted by Gasteiger charge is -2.34. The quantitative estimate of drug-likeness (QED) is 0.857. The van der Waals surface area contributed by atoms with E-state index in [1.807, 2.05) is 19.1 Å². The van der Waals surface area contributed by atoms with Crippen LogP contribution in [0.25, 0.3) is 0 Å². The zero-order valence-electron chi connectivity index (χ0n) is 15.2. The summed E-state index contributed by atoms with van der Waals surface area (Å²) in [5.41, 5.74) is 0.909. The van der Waals surface area contributed by atoms with Gasteiger partial charge in [-0.05, 0) is 37.1 Å². The van der Waals surface area contributed by atoms with E-state index in [9.17, 15) is 19.5 Å². The summed E-state index contributed by atoms with van der Waals surface area (Å²) in [6, 6.07) is 10.5. The van der Waals surface area contributed by atoms with E-state index in [1.165, 1.54) is 11.3 Å². The van der Waals surface area contributed by atoms with E-state index in [0.717, 1.165) is 9.75 Å². The van der Waals surface area contributed by atoms with E-state index in [0.29, 0.717) is 38.2 Å². The molecule has 6 nitrogen and oxygen atoms in total. The normalized spacial score (nSPS) is 14.3. The van der Waals surface area contributed by atoms with Crippen molar-refractivity contribution in [2.24, 2.45) is 0 Å². The van der Waals surface area contributed by atoms with Crippen LogP contribution in [-0.4, -0.2) is 58.9 Å². The van der Waals surface area contributed by atoms with Crippen LogP contribution in [-0.2, 0) is 11.2 Å². The van der Waals surface area contributed by atoms with Crippen LogP contribution in [0, 0.1) is 6.92 Å². The molecule has 2 aromatic rings. The molecule has 2 amide bonds. The van der Waals surface area contributed by atoms with Gasteiger partial charge >= 0.3 is 5.97 Å². The van der Waals surface area contributed by atoms with Gasteiger partial charge < -0.3 is 14.9 Å². The number of hydrogen-bond donors (Lipinski definition) is 1. The number of carboxylic acids is 1. The molecular weight excluding hydrogens is 364 g/mol.